The third-order valence-corrected chi connectivity index (χ3v) is 1.85. The molecule has 9 heavy (non-hydrogen) atoms. The zero-order chi connectivity index (χ0) is 6.91. The fraction of sp³-hybridized carbons (Fsp3) is 1.00. The molecule has 0 radical (unpaired) electrons. The Labute approximate surface area is 55.8 Å². The smallest absolute Gasteiger partial charge is 0.0341 e. The number of hydrogen-bond donors (Lipinski definition) is 0. The zero-order valence-electron chi connectivity index (χ0n) is 6.15. The molecule has 0 spiro atoms. The molecular weight excluding hydrogens is 117 g/mol. The number of hydrogen-bond acceptors (Lipinski definition) is 1. The molecule has 0 amide bonds. The highest BCUT2D eigenvalue weighted by atomic mass is 19.2. The molecule has 0 aromatic heterocycles. The van der Waals surface area contributed by atoms with E-state index in [0.717, 1.165) is 18.0 Å². The summed E-state index contributed by atoms with van der Waals surface area (Å²) in [5.74, 6) is 0. The van der Waals surface area contributed by atoms with Crippen LogP contribution >= 0.6 is 0 Å². The van der Waals surface area contributed by atoms with Gasteiger partial charge in [-0.3, -0.25) is 0 Å². The van der Waals surface area contributed by atoms with Crippen LogP contribution in [0, 0.1) is 5.41 Å². The van der Waals surface area contributed by atoms with Gasteiger partial charge in [-0.05, 0) is 18.3 Å². The van der Waals surface area contributed by atoms with Crippen LogP contribution in [-0.4, -0.2) is 18.2 Å². The van der Waals surface area contributed by atoms with Crippen LogP contribution in [0.25, 0.3) is 0 Å². The van der Waals surface area contributed by atoms with Gasteiger partial charge in [-0.25, -0.2) is 0 Å². The molecule has 1 saturated heterocycles. The molecular formula is C7H14FN. The Morgan fingerprint density at radius 3 is 2.44 bits per heavy atom. The lowest BCUT2D eigenvalue weighted by Crippen LogP contribution is -2.34. The summed E-state index contributed by atoms with van der Waals surface area (Å²) in [6, 6.07) is 0. The third-order valence-electron chi connectivity index (χ3n) is 1.85. The lowest BCUT2D eigenvalue weighted by atomic mass is 9.85. The van der Waals surface area contributed by atoms with Crippen LogP contribution in [0.5, 0.6) is 0 Å². The summed E-state index contributed by atoms with van der Waals surface area (Å²) < 4.78 is 12.5. The van der Waals surface area contributed by atoms with Crippen molar-refractivity contribution in [2.75, 3.05) is 13.1 Å². The topological polar surface area (TPSA) is 3.24 Å². The van der Waals surface area contributed by atoms with E-state index < -0.39 is 0 Å². The van der Waals surface area contributed by atoms with Crippen LogP contribution in [0.15, 0.2) is 0 Å². The van der Waals surface area contributed by atoms with Crippen LogP contribution in [0.1, 0.15) is 26.7 Å². The lowest BCUT2D eigenvalue weighted by molar-refractivity contribution is -0.0403. The molecule has 1 heterocycles. The molecule has 0 unspecified atom stereocenters. The standard InChI is InChI=1S/C7H14FN/c1-7(2)4-3-5-9(8)6-7/h3-6H2,1-2H3. The third kappa shape index (κ3) is 1.94. The second kappa shape index (κ2) is 2.25. The van der Waals surface area contributed by atoms with Crippen LogP contribution in [0.4, 0.5) is 4.48 Å². The van der Waals surface area contributed by atoms with Crippen molar-refractivity contribution in [1.82, 2.24) is 5.12 Å². The maximum atomic E-state index is 12.5. The molecule has 0 bridgehead atoms. The molecule has 0 aromatic rings. The first-order valence-electron chi connectivity index (χ1n) is 3.51. The van der Waals surface area contributed by atoms with Gasteiger partial charge in [0.05, 0.1) is 0 Å². The van der Waals surface area contributed by atoms with E-state index in [0.29, 0.717) is 13.1 Å². The normalized spacial score (nSPS) is 28.3. The minimum atomic E-state index is 0.201. The van der Waals surface area contributed by atoms with Crippen LogP contribution < -0.4 is 0 Å². The summed E-state index contributed by atoms with van der Waals surface area (Å²) in [5, 5.41) is 0.920. The molecule has 2 heteroatoms. The summed E-state index contributed by atoms with van der Waals surface area (Å²) in [6.45, 7) is 5.45. The summed E-state index contributed by atoms with van der Waals surface area (Å²) in [5.41, 5.74) is 0.201. The molecule has 1 aliphatic rings. The summed E-state index contributed by atoms with van der Waals surface area (Å²) >= 11 is 0. The van der Waals surface area contributed by atoms with Crippen molar-refractivity contribution in [2.24, 2.45) is 5.41 Å². The fourth-order valence-electron chi connectivity index (χ4n) is 1.35. The largest absolute Gasteiger partial charge is 0.146 e. The SMILES string of the molecule is CC1(C)CCCN(F)C1. The molecule has 54 valence electrons. The first-order chi connectivity index (χ1) is 4.10. The number of nitrogens with zero attached hydrogens (tertiary/aromatic N) is 1. The fourth-order valence-corrected chi connectivity index (χ4v) is 1.35. The average molecular weight is 131 g/mol. The van der Waals surface area contributed by atoms with E-state index in [1.807, 2.05) is 0 Å². The Kier molecular flexibility index (Phi) is 1.75. The van der Waals surface area contributed by atoms with Gasteiger partial charge >= 0.3 is 0 Å². The molecule has 0 N–H and O–H groups in total. The molecule has 0 saturated carbocycles. The molecule has 1 nitrogen and oxygen atoms in total. The van der Waals surface area contributed by atoms with Crippen molar-refractivity contribution in [3.8, 4) is 0 Å². The highest BCUT2D eigenvalue weighted by Gasteiger charge is 2.25. The first kappa shape index (κ1) is 7.00. The summed E-state index contributed by atoms with van der Waals surface area (Å²) in [7, 11) is 0. The van der Waals surface area contributed by atoms with Crippen molar-refractivity contribution in [3.05, 3.63) is 0 Å². The van der Waals surface area contributed by atoms with E-state index in [-0.39, 0.29) is 5.41 Å². The molecule has 0 aliphatic carbocycles. The van der Waals surface area contributed by atoms with Gasteiger partial charge in [0, 0.05) is 13.1 Å². The highest BCUT2D eigenvalue weighted by Crippen LogP contribution is 2.28. The second-order valence-electron chi connectivity index (χ2n) is 3.61. The van der Waals surface area contributed by atoms with Crippen molar-refractivity contribution in [3.63, 3.8) is 0 Å². The predicted octanol–water partition coefficient (Wildman–Crippen LogP) is 1.99. The van der Waals surface area contributed by atoms with Gasteiger partial charge in [0.1, 0.15) is 0 Å². The quantitative estimate of drug-likeness (QED) is 0.454. The van der Waals surface area contributed by atoms with Gasteiger partial charge < -0.3 is 0 Å². The summed E-state index contributed by atoms with van der Waals surface area (Å²) in [4.78, 5) is 0. The Morgan fingerprint density at radius 2 is 2.11 bits per heavy atom. The van der Waals surface area contributed by atoms with Gasteiger partial charge in [-0.2, -0.15) is 0 Å². The number of rotatable bonds is 0. The zero-order valence-corrected chi connectivity index (χ0v) is 6.15. The van der Waals surface area contributed by atoms with E-state index in [4.69, 9.17) is 0 Å². The van der Waals surface area contributed by atoms with Crippen molar-refractivity contribution in [2.45, 2.75) is 26.7 Å². The molecule has 0 atom stereocenters. The molecule has 0 aromatic carbocycles. The Hall–Kier alpha value is -0.110. The Bertz CT molecular complexity index is 101. The van der Waals surface area contributed by atoms with E-state index in [2.05, 4.69) is 13.8 Å². The van der Waals surface area contributed by atoms with Crippen LogP contribution in [-0.2, 0) is 0 Å². The highest BCUT2D eigenvalue weighted by molar-refractivity contribution is 4.75. The van der Waals surface area contributed by atoms with Crippen molar-refractivity contribution < 1.29 is 4.48 Å². The van der Waals surface area contributed by atoms with Gasteiger partial charge in [0.25, 0.3) is 0 Å². The van der Waals surface area contributed by atoms with Gasteiger partial charge in [-0.15, -0.1) is 9.60 Å². The first-order valence-corrected chi connectivity index (χ1v) is 3.51. The predicted molar refractivity (Wildman–Crippen MR) is 35.7 cm³/mol. The number of piperidine rings is 1. The maximum absolute atomic E-state index is 12.5. The van der Waals surface area contributed by atoms with Gasteiger partial charge in [-0.1, -0.05) is 13.8 Å². The van der Waals surface area contributed by atoms with Crippen molar-refractivity contribution in [1.29, 1.82) is 0 Å². The minimum absolute atomic E-state index is 0.201. The lowest BCUT2D eigenvalue weighted by Gasteiger charge is -2.32. The van der Waals surface area contributed by atoms with Crippen LogP contribution in [0.3, 0.4) is 0 Å². The van der Waals surface area contributed by atoms with Crippen LogP contribution in [0.2, 0.25) is 0 Å². The number of halogens is 1. The Morgan fingerprint density at radius 1 is 1.44 bits per heavy atom. The van der Waals surface area contributed by atoms with Crippen molar-refractivity contribution >= 4 is 0 Å². The maximum Gasteiger partial charge on any atom is 0.0341 e. The van der Waals surface area contributed by atoms with E-state index in [9.17, 15) is 4.48 Å². The van der Waals surface area contributed by atoms with E-state index in [1.165, 1.54) is 0 Å². The molecule has 1 fully saturated rings. The molecule has 1 rings (SSSR count). The van der Waals surface area contributed by atoms with E-state index in [1.54, 1.807) is 0 Å². The summed E-state index contributed by atoms with van der Waals surface area (Å²) in [6.07, 6.45) is 2.16. The van der Waals surface area contributed by atoms with E-state index >= 15 is 0 Å². The molecule has 1 aliphatic heterocycles. The van der Waals surface area contributed by atoms with Gasteiger partial charge in [0.15, 0.2) is 0 Å². The minimum Gasteiger partial charge on any atom is -0.146 e. The monoisotopic (exact) mass is 131 g/mol. The van der Waals surface area contributed by atoms with Gasteiger partial charge in [0.2, 0.25) is 0 Å². The average Bonchev–Trinajstić information content (AvgIpc) is 1.60. The second-order valence-corrected chi connectivity index (χ2v) is 3.61. The Balaban J connectivity index is 2.41.